The molecule has 0 bridgehead atoms. The van der Waals surface area contributed by atoms with Crippen molar-refractivity contribution in [1.82, 2.24) is 5.32 Å². The van der Waals surface area contributed by atoms with Crippen LogP contribution in [0.25, 0.3) is 0 Å². The third-order valence-electron chi connectivity index (χ3n) is 2.48. The van der Waals surface area contributed by atoms with Crippen LogP contribution in [-0.2, 0) is 19.1 Å². The first-order chi connectivity index (χ1) is 8.13. The van der Waals surface area contributed by atoms with E-state index in [4.69, 9.17) is 4.74 Å². The first kappa shape index (κ1) is 14.3. The number of rotatable bonds is 6. The summed E-state index contributed by atoms with van der Waals surface area (Å²) in [6.45, 7) is 2.22. The zero-order chi connectivity index (χ0) is 12.7. The molecule has 1 heterocycles. The average Bonchev–Trinajstić information content (AvgIpc) is 2.79. The molecule has 0 radical (unpaired) electrons. The lowest BCUT2D eigenvalue weighted by molar-refractivity contribution is -0.144. The highest BCUT2D eigenvalue weighted by molar-refractivity contribution is 7.99. The van der Waals surface area contributed by atoms with Crippen molar-refractivity contribution in [3.8, 4) is 0 Å². The van der Waals surface area contributed by atoms with Gasteiger partial charge in [-0.05, 0) is 12.8 Å². The van der Waals surface area contributed by atoms with Crippen molar-refractivity contribution in [1.29, 1.82) is 0 Å². The lowest BCUT2D eigenvalue weighted by Gasteiger charge is -2.16. The van der Waals surface area contributed by atoms with E-state index in [1.165, 1.54) is 14.0 Å². The van der Waals surface area contributed by atoms with Crippen LogP contribution in [0.15, 0.2) is 0 Å². The van der Waals surface area contributed by atoms with Gasteiger partial charge in [0.2, 0.25) is 5.91 Å². The van der Waals surface area contributed by atoms with Crippen LogP contribution in [-0.4, -0.2) is 49.2 Å². The van der Waals surface area contributed by atoms with Crippen molar-refractivity contribution >= 4 is 23.6 Å². The monoisotopic (exact) mass is 261 g/mol. The summed E-state index contributed by atoms with van der Waals surface area (Å²) in [4.78, 5) is 22.3. The zero-order valence-electron chi connectivity index (χ0n) is 10.2. The largest absolute Gasteiger partial charge is 0.467 e. The number of amides is 1. The Kier molecular flexibility index (Phi) is 6.36. The quantitative estimate of drug-likeness (QED) is 0.708. The predicted octanol–water partition coefficient (Wildman–Crippen LogP) is 0.576. The topological polar surface area (TPSA) is 64.6 Å². The minimum atomic E-state index is -0.566. The molecule has 1 amide bonds. The minimum Gasteiger partial charge on any atom is -0.467 e. The summed E-state index contributed by atoms with van der Waals surface area (Å²) in [6, 6.07) is -0.566. The zero-order valence-corrected chi connectivity index (χ0v) is 11.0. The molecule has 1 saturated heterocycles. The van der Waals surface area contributed by atoms with Crippen molar-refractivity contribution in [2.75, 3.05) is 25.2 Å². The van der Waals surface area contributed by atoms with E-state index in [9.17, 15) is 9.59 Å². The predicted molar refractivity (Wildman–Crippen MR) is 65.9 cm³/mol. The summed E-state index contributed by atoms with van der Waals surface area (Å²) in [5, 5.41) is 2.58. The molecule has 5 nitrogen and oxygen atoms in total. The van der Waals surface area contributed by atoms with E-state index >= 15 is 0 Å². The summed E-state index contributed by atoms with van der Waals surface area (Å²) >= 11 is 1.60. The van der Waals surface area contributed by atoms with E-state index in [0.717, 1.165) is 25.2 Å². The molecule has 98 valence electrons. The van der Waals surface area contributed by atoms with Gasteiger partial charge in [0, 0.05) is 25.0 Å². The van der Waals surface area contributed by atoms with Crippen LogP contribution in [0, 0.1) is 0 Å². The van der Waals surface area contributed by atoms with Crippen molar-refractivity contribution in [2.45, 2.75) is 31.9 Å². The summed E-state index contributed by atoms with van der Waals surface area (Å²) in [6.07, 6.45) is 2.48. The van der Waals surface area contributed by atoms with Gasteiger partial charge in [0.05, 0.1) is 13.2 Å². The second-order valence-corrected chi connectivity index (χ2v) is 5.02. The van der Waals surface area contributed by atoms with Gasteiger partial charge in [-0.3, -0.25) is 4.79 Å². The number of esters is 1. The Morgan fingerprint density at radius 3 is 2.88 bits per heavy atom. The van der Waals surface area contributed by atoms with Gasteiger partial charge in [-0.15, -0.1) is 0 Å². The Morgan fingerprint density at radius 1 is 1.59 bits per heavy atom. The Hall–Kier alpha value is -0.750. The van der Waals surface area contributed by atoms with E-state index in [-0.39, 0.29) is 12.0 Å². The molecule has 2 atom stereocenters. The average molecular weight is 261 g/mol. The Labute approximate surface area is 106 Å². The smallest absolute Gasteiger partial charge is 0.329 e. The summed E-state index contributed by atoms with van der Waals surface area (Å²) in [5.41, 5.74) is 0. The van der Waals surface area contributed by atoms with Gasteiger partial charge >= 0.3 is 5.97 Å². The van der Waals surface area contributed by atoms with Gasteiger partial charge in [-0.25, -0.2) is 4.79 Å². The number of hydrogen-bond donors (Lipinski definition) is 1. The van der Waals surface area contributed by atoms with E-state index in [1.54, 1.807) is 11.8 Å². The van der Waals surface area contributed by atoms with E-state index in [2.05, 4.69) is 10.1 Å². The van der Waals surface area contributed by atoms with Crippen LogP contribution in [0.4, 0.5) is 0 Å². The molecule has 2 unspecified atom stereocenters. The number of nitrogens with one attached hydrogen (secondary N) is 1. The van der Waals surface area contributed by atoms with Crippen molar-refractivity contribution in [3.63, 3.8) is 0 Å². The summed E-state index contributed by atoms with van der Waals surface area (Å²) < 4.78 is 10.1. The highest BCUT2D eigenvalue weighted by Crippen LogP contribution is 2.17. The van der Waals surface area contributed by atoms with Crippen LogP contribution < -0.4 is 5.32 Å². The van der Waals surface area contributed by atoms with Crippen LogP contribution in [0.3, 0.4) is 0 Å². The molecule has 0 spiro atoms. The summed E-state index contributed by atoms with van der Waals surface area (Å²) in [5.74, 6) is 0.747. The fraction of sp³-hybridized carbons (Fsp3) is 0.818. The third-order valence-corrected chi connectivity index (χ3v) is 3.65. The van der Waals surface area contributed by atoms with Crippen LogP contribution in [0.2, 0.25) is 0 Å². The number of carbonyl (C=O) groups excluding carboxylic acids is 2. The van der Waals surface area contributed by atoms with Crippen molar-refractivity contribution < 1.29 is 19.1 Å². The highest BCUT2D eigenvalue weighted by atomic mass is 32.2. The molecule has 1 rings (SSSR count). The maximum atomic E-state index is 11.4. The molecule has 6 heteroatoms. The van der Waals surface area contributed by atoms with Crippen LogP contribution in [0.1, 0.15) is 19.8 Å². The lowest BCUT2D eigenvalue weighted by Crippen LogP contribution is -2.42. The lowest BCUT2D eigenvalue weighted by atomic mass is 10.3. The number of hydrogen-bond acceptors (Lipinski definition) is 5. The van der Waals surface area contributed by atoms with Gasteiger partial charge in [-0.1, -0.05) is 0 Å². The van der Waals surface area contributed by atoms with Gasteiger partial charge < -0.3 is 14.8 Å². The fourth-order valence-electron chi connectivity index (χ4n) is 1.65. The summed E-state index contributed by atoms with van der Waals surface area (Å²) in [7, 11) is 1.32. The number of ether oxygens (including phenoxy) is 2. The SMILES string of the molecule is COC(=O)C(CSCC1CCCO1)NC(C)=O. The number of carbonyl (C=O) groups is 2. The molecular formula is C11H19NO4S. The number of methoxy groups -OCH3 is 1. The Morgan fingerprint density at radius 2 is 2.35 bits per heavy atom. The van der Waals surface area contributed by atoms with Crippen molar-refractivity contribution in [3.05, 3.63) is 0 Å². The second kappa shape index (κ2) is 7.55. The molecule has 0 aromatic rings. The second-order valence-electron chi connectivity index (χ2n) is 3.95. The fourth-order valence-corrected chi connectivity index (χ4v) is 2.77. The van der Waals surface area contributed by atoms with Crippen LogP contribution in [0.5, 0.6) is 0 Å². The van der Waals surface area contributed by atoms with Crippen molar-refractivity contribution in [2.24, 2.45) is 0 Å². The van der Waals surface area contributed by atoms with E-state index in [0.29, 0.717) is 5.75 Å². The van der Waals surface area contributed by atoms with Crippen LogP contribution >= 0.6 is 11.8 Å². The maximum absolute atomic E-state index is 11.4. The van der Waals surface area contributed by atoms with E-state index in [1.807, 2.05) is 0 Å². The normalized spacial score (nSPS) is 20.9. The van der Waals surface area contributed by atoms with Gasteiger partial charge in [-0.2, -0.15) is 11.8 Å². The molecule has 0 aromatic heterocycles. The van der Waals surface area contributed by atoms with Gasteiger partial charge in [0.15, 0.2) is 0 Å². The molecule has 0 saturated carbocycles. The molecule has 1 aliphatic rings. The molecule has 0 aliphatic carbocycles. The molecule has 0 aromatic carbocycles. The molecular weight excluding hydrogens is 242 g/mol. The molecule has 1 aliphatic heterocycles. The standard InChI is InChI=1S/C11H19NO4S/c1-8(13)12-10(11(14)15-2)7-17-6-9-4-3-5-16-9/h9-10H,3-7H2,1-2H3,(H,12,13). The Balaban J connectivity index is 2.27. The number of thioether (sulfide) groups is 1. The molecule has 1 N–H and O–H groups in total. The van der Waals surface area contributed by atoms with Gasteiger partial charge in [0.1, 0.15) is 6.04 Å². The highest BCUT2D eigenvalue weighted by Gasteiger charge is 2.21. The molecule has 17 heavy (non-hydrogen) atoms. The van der Waals surface area contributed by atoms with Gasteiger partial charge in [0.25, 0.3) is 0 Å². The third kappa shape index (κ3) is 5.41. The molecule has 1 fully saturated rings. The first-order valence-electron chi connectivity index (χ1n) is 5.67. The Bertz CT molecular complexity index is 266. The minimum absolute atomic E-state index is 0.224. The maximum Gasteiger partial charge on any atom is 0.329 e. The first-order valence-corrected chi connectivity index (χ1v) is 6.83. The van der Waals surface area contributed by atoms with E-state index < -0.39 is 12.0 Å².